The van der Waals surface area contributed by atoms with Crippen LogP contribution in [-0.4, -0.2) is 19.4 Å². The Balaban J connectivity index is 2.12. The molecule has 0 heterocycles. The normalized spacial score (nSPS) is 21.9. The fourth-order valence-corrected chi connectivity index (χ4v) is 2.01. The summed E-state index contributed by atoms with van der Waals surface area (Å²) in [5, 5.41) is 0. The van der Waals surface area contributed by atoms with Gasteiger partial charge in [-0.2, -0.15) is 0 Å². The Morgan fingerprint density at radius 3 is 2.68 bits per heavy atom. The third-order valence-electron chi connectivity index (χ3n) is 2.87. The van der Waals surface area contributed by atoms with Crippen LogP contribution in [0.15, 0.2) is 24.3 Å². The summed E-state index contributed by atoms with van der Waals surface area (Å²) >= 11 is 0. The van der Waals surface area contributed by atoms with E-state index in [-0.39, 0.29) is 23.5 Å². The molecule has 1 aromatic rings. The number of carbonyl (C=O) groups excluding carboxylic acids is 1. The van der Waals surface area contributed by atoms with Gasteiger partial charge in [-0.3, -0.25) is 9.63 Å². The SMILES string of the molecule is CONC(=O)[C@@H]1C[C@@H]1c1ccccc1OC(F)(F)F. The van der Waals surface area contributed by atoms with Gasteiger partial charge in [0.15, 0.2) is 0 Å². The Morgan fingerprint density at radius 1 is 1.37 bits per heavy atom. The summed E-state index contributed by atoms with van der Waals surface area (Å²) in [6.07, 6.45) is -4.26. The van der Waals surface area contributed by atoms with E-state index in [4.69, 9.17) is 0 Å². The average molecular weight is 275 g/mol. The number of halogens is 3. The first-order valence-corrected chi connectivity index (χ1v) is 5.60. The highest BCUT2D eigenvalue weighted by molar-refractivity contribution is 5.82. The highest BCUT2D eigenvalue weighted by Crippen LogP contribution is 2.50. The first-order chi connectivity index (χ1) is 8.92. The first kappa shape index (κ1) is 13.7. The molecule has 1 amide bonds. The maximum absolute atomic E-state index is 12.3. The van der Waals surface area contributed by atoms with Crippen molar-refractivity contribution in [2.75, 3.05) is 7.11 Å². The van der Waals surface area contributed by atoms with Crippen molar-refractivity contribution < 1.29 is 27.5 Å². The van der Waals surface area contributed by atoms with Crippen molar-refractivity contribution in [2.45, 2.75) is 18.7 Å². The summed E-state index contributed by atoms with van der Waals surface area (Å²) in [6.45, 7) is 0. The Morgan fingerprint density at radius 2 is 2.05 bits per heavy atom. The highest BCUT2D eigenvalue weighted by Gasteiger charge is 2.46. The smallest absolute Gasteiger partial charge is 0.405 e. The number of rotatable bonds is 4. The van der Waals surface area contributed by atoms with E-state index in [1.165, 1.54) is 25.3 Å². The number of alkyl halides is 3. The second kappa shape index (κ2) is 5.08. The number of para-hydroxylation sites is 1. The van der Waals surface area contributed by atoms with Crippen molar-refractivity contribution in [2.24, 2.45) is 5.92 Å². The fraction of sp³-hybridized carbons (Fsp3) is 0.417. The molecular formula is C12H12F3NO3. The van der Waals surface area contributed by atoms with Gasteiger partial charge in [0.25, 0.3) is 0 Å². The molecule has 1 N–H and O–H groups in total. The molecule has 19 heavy (non-hydrogen) atoms. The van der Waals surface area contributed by atoms with Crippen molar-refractivity contribution in [1.29, 1.82) is 0 Å². The Bertz CT molecular complexity index is 476. The molecule has 4 nitrogen and oxygen atoms in total. The van der Waals surface area contributed by atoms with E-state index in [1.807, 2.05) is 0 Å². The minimum absolute atomic E-state index is 0.257. The van der Waals surface area contributed by atoms with Crippen LogP contribution in [0, 0.1) is 5.92 Å². The molecule has 0 aromatic heterocycles. The van der Waals surface area contributed by atoms with E-state index in [0.717, 1.165) is 0 Å². The molecule has 0 spiro atoms. The Kier molecular flexibility index (Phi) is 3.66. The van der Waals surface area contributed by atoms with Crippen LogP contribution in [0.3, 0.4) is 0 Å². The van der Waals surface area contributed by atoms with Gasteiger partial charge in [-0.15, -0.1) is 13.2 Å². The highest BCUT2D eigenvalue weighted by atomic mass is 19.4. The molecule has 0 radical (unpaired) electrons. The van der Waals surface area contributed by atoms with Crippen LogP contribution in [-0.2, 0) is 9.63 Å². The molecule has 0 bridgehead atoms. The van der Waals surface area contributed by atoms with Crippen molar-refractivity contribution >= 4 is 5.91 Å². The van der Waals surface area contributed by atoms with Crippen LogP contribution in [0.2, 0.25) is 0 Å². The number of nitrogens with one attached hydrogen (secondary N) is 1. The van der Waals surface area contributed by atoms with E-state index in [0.29, 0.717) is 12.0 Å². The van der Waals surface area contributed by atoms with Gasteiger partial charge in [0.05, 0.1) is 7.11 Å². The van der Waals surface area contributed by atoms with Crippen LogP contribution in [0.5, 0.6) is 5.75 Å². The summed E-state index contributed by atoms with van der Waals surface area (Å²) in [6, 6.07) is 5.84. The summed E-state index contributed by atoms with van der Waals surface area (Å²) in [5.74, 6) is -1.24. The molecule has 0 saturated heterocycles. The van der Waals surface area contributed by atoms with E-state index < -0.39 is 6.36 Å². The zero-order chi connectivity index (χ0) is 14.0. The number of hydroxylamine groups is 1. The van der Waals surface area contributed by atoms with Gasteiger partial charge in [0.1, 0.15) is 5.75 Å². The van der Waals surface area contributed by atoms with Crippen molar-refractivity contribution in [3.63, 3.8) is 0 Å². The molecule has 104 valence electrons. The van der Waals surface area contributed by atoms with Crippen LogP contribution in [0.25, 0.3) is 0 Å². The Labute approximate surface area is 107 Å². The van der Waals surface area contributed by atoms with E-state index in [2.05, 4.69) is 15.1 Å². The largest absolute Gasteiger partial charge is 0.573 e. The molecule has 0 aliphatic heterocycles. The average Bonchev–Trinajstić information content (AvgIpc) is 3.08. The minimum Gasteiger partial charge on any atom is -0.405 e. The van der Waals surface area contributed by atoms with Crippen LogP contribution < -0.4 is 10.2 Å². The third kappa shape index (κ3) is 3.37. The molecule has 1 aliphatic carbocycles. The summed E-state index contributed by atoms with van der Waals surface area (Å²) in [5.41, 5.74) is 2.56. The lowest BCUT2D eigenvalue weighted by Gasteiger charge is -2.12. The maximum Gasteiger partial charge on any atom is 0.573 e. The number of carbonyl (C=O) groups is 1. The van der Waals surface area contributed by atoms with Gasteiger partial charge >= 0.3 is 6.36 Å². The van der Waals surface area contributed by atoms with E-state index in [9.17, 15) is 18.0 Å². The van der Waals surface area contributed by atoms with Crippen molar-refractivity contribution in [1.82, 2.24) is 5.48 Å². The summed E-state index contributed by atoms with van der Waals surface area (Å²) in [7, 11) is 1.30. The number of hydrogen-bond donors (Lipinski definition) is 1. The molecule has 2 atom stereocenters. The predicted octanol–water partition coefficient (Wildman–Crippen LogP) is 2.37. The van der Waals surface area contributed by atoms with E-state index in [1.54, 1.807) is 6.07 Å². The summed E-state index contributed by atoms with van der Waals surface area (Å²) < 4.78 is 40.7. The Hall–Kier alpha value is -1.76. The van der Waals surface area contributed by atoms with Gasteiger partial charge in [-0.05, 0) is 24.0 Å². The van der Waals surface area contributed by atoms with Gasteiger partial charge in [-0.1, -0.05) is 18.2 Å². The predicted molar refractivity (Wildman–Crippen MR) is 59.1 cm³/mol. The van der Waals surface area contributed by atoms with Crippen molar-refractivity contribution in [3.8, 4) is 5.75 Å². The van der Waals surface area contributed by atoms with Gasteiger partial charge in [0, 0.05) is 5.92 Å². The van der Waals surface area contributed by atoms with Gasteiger partial charge in [-0.25, -0.2) is 5.48 Å². The zero-order valence-electron chi connectivity index (χ0n) is 10.0. The molecule has 1 aliphatic rings. The van der Waals surface area contributed by atoms with Crippen LogP contribution in [0.1, 0.15) is 17.9 Å². The summed E-state index contributed by atoms with van der Waals surface area (Å²) in [4.78, 5) is 16.0. The van der Waals surface area contributed by atoms with Crippen molar-refractivity contribution in [3.05, 3.63) is 29.8 Å². The van der Waals surface area contributed by atoms with Gasteiger partial charge in [0.2, 0.25) is 5.91 Å². The molecular weight excluding hydrogens is 263 g/mol. The lowest BCUT2D eigenvalue weighted by molar-refractivity contribution is -0.274. The zero-order valence-corrected chi connectivity index (χ0v) is 10.0. The quantitative estimate of drug-likeness (QED) is 0.858. The topological polar surface area (TPSA) is 47.6 Å². The molecule has 2 rings (SSSR count). The van der Waals surface area contributed by atoms with Gasteiger partial charge < -0.3 is 4.74 Å². The molecule has 1 fully saturated rings. The standard InChI is InChI=1S/C12H12F3NO3/c1-18-16-11(17)9-6-8(9)7-4-2-3-5-10(7)19-12(13,14)15/h2-5,8-9H,6H2,1H3,(H,16,17)/t8-,9-/m1/s1. The number of benzene rings is 1. The third-order valence-corrected chi connectivity index (χ3v) is 2.87. The molecule has 0 unspecified atom stereocenters. The van der Waals surface area contributed by atoms with Crippen LogP contribution in [0.4, 0.5) is 13.2 Å². The fourth-order valence-electron chi connectivity index (χ4n) is 2.01. The maximum atomic E-state index is 12.3. The molecule has 7 heteroatoms. The molecule has 1 saturated carbocycles. The van der Waals surface area contributed by atoms with Crippen LogP contribution >= 0.6 is 0 Å². The second-order valence-corrected chi connectivity index (χ2v) is 4.20. The van der Waals surface area contributed by atoms with E-state index >= 15 is 0 Å². The lowest BCUT2D eigenvalue weighted by Crippen LogP contribution is -2.24. The number of ether oxygens (including phenoxy) is 1. The number of amides is 1. The monoisotopic (exact) mass is 275 g/mol. The number of hydrogen-bond acceptors (Lipinski definition) is 3. The first-order valence-electron chi connectivity index (χ1n) is 5.60. The molecule has 1 aromatic carbocycles. The second-order valence-electron chi connectivity index (χ2n) is 4.20. The minimum atomic E-state index is -4.74. The lowest BCUT2D eigenvalue weighted by atomic mass is 10.1.